The van der Waals surface area contributed by atoms with E-state index in [4.69, 9.17) is 4.74 Å². The first-order chi connectivity index (χ1) is 9.09. The van der Waals surface area contributed by atoms with Gasteiger partial charge in [0.25, 0.3) is 0 Å². The molecule has 1 aromatic heterocycles. The topological polar surface area (TPSA) is 80.5 Å². The number of rotatable bonds is 5. The van der Waals surface area contributed by atoms with Gasteiger partial charge in [0.2, 0.25) is 5.91 Å². The minimum Gasteiger partial charge on any atom is -0.388 e. The Kier molecular flexibility index (Phi) is 4.49. The van der Waals surface area contributed by atoms with Crippen molar-refractivity contribution >= 4 is 5.91 Å². The number of ether oxygens (including phenoxy) is 1. The number of aromatic nitrogens is 3. The minimum absolute atomic E-state index is 0.00424. The Morgan fingerprint density at radius 1 is 1.53 bits per heavy atom. The maximum atomic E-state index is 12.0. The Morgan fingerprint density at radius 3 is 2.89 bits per heavy atom. The fraction of sp³-hybridized carbons (Fsp3) is 0.750. The summed E-state index contributed by atoms with van der Waals surface area (Å²) in [5, 5.41) is 17.8. The molecule has 1 fully saturated rings. The maximum absolute atomic E-state index is 12.0. The van der Waals surface area contributed by atoms with Crippen molar-refractivity contribution in [2.75, 3.05) is 26.8 Å². The summed E-state index contributed by atoms with van der Waals surface area (Å²) >= 11 is 0. The first-order valence-electron chi connectivity index (χ1n) is 6.47. The molecule has 0 spiro atoms. The van der Waals surface area contributed by atoms with Crippen LogP contribution in [0.4, 0.5) is 0 Å². The highest BCUT2D eigenvalue weighted by molar-refractivity contribution is 5.75. The van der Waals surface area contributed by atoms with Gasteiger partial charge in [-0.1, -0.05) is 5.21 Å². The molecule has 0 aromatic carbocycles. The van der Waals surface area contributed by atoms with Crippen molar-refractivity contribution in [1.82, 2.24) is 19.9 Å². The molecule has 1 amide bonds. The van der Waals surface area contributed by atoms with Crippen molar-refractivity contribution in [3.8, 4) is 0 Å². The van der Waals surface area contributed by atoms with Crippen LogP contribution in [0, 0.1) is 0 Å². The van der Waals surface area contributed by atoms with Gasteiger partial charge in [0, 0.05) is 52.3 Å². The third-order valence-corrected chi connectivity index (χ3v) is 3.41. The first kappa shape index (κ1) is 14.0. The number of amides is 1. The highest BCUT2D eigenvalue weighted by Gasteiger charge is 2.32. The Balaban J connectivity index is 1.78. The zero-order valence-electron chi connectivity index (χ0n) is 11.2. The normalized spacial score (nSPS) is 18.2. The third-order valence-electron chi connectivity index (χ3n) is 3.41. The van der Waals surface area contributed by atoms with Crippen LogP contribution in [0.25, 0.3) is 0 Å². The average molecular weight is 268 g/mol. The number of hydrogen-bond donors (Lipinski definition) is 1. The van der Waals surface area contributed by atoms with Crippen LogP contribution in [-0.2, 0) is 16.1 Å². The molecule has 1 aromatic rings. The van der Waals surface area contributed by atoms with Crippen LogP contribution in [0.15, 0.2) is 12.4 Å². The fourth-order valence-electron chi connectivity index (χ4n) is 2.19. The summed E-state index contributed by atoms with van der Waals surface area (Å²) in [6.45, 7) is 1.96. The molecule has 1 saturated heterocycles. The smallest absolute Gasteiger partial charge is 0.224 e. The second kappa shape index (κ2) is 6.12. The van der Waals surface area contributed by atoms with Gasteiger partial charge in [0.05, 0.1) is 18.3 Å². The fourth-order valence-corrected chi connectivity index (χ4v) is 2.19. The molecule has 0 bridgehead atoms. The number of likely N-dealkylation sites (N-methyl/N-ethyl adjacent to an activating group) is 1. The molecule has 0 aliphatic carbocycles. The molecular formula is C12H20N4O3. The van der Waals surface area contributed by atoms with E-state index in [1.807, 2.05) is 0 Å². The number of aryl methyl sites for hydroxylation is 1. The van der Waals surface area contributed by atoms with Crippen molar-refractivity contribution in [3.05, 3.63) is 12.4 Å². The summed E-state index contributed by atoms with van der Waals surface area (Å²) in [4.78, 5) is 13.6. The monoisotopic (exact) mass is 268 g/mol. The van der Waals surface area contributed by atoms with Crippen molar-refractivity contribution in [1.29, 1.82) is 0 Å². The van der Waals surface area contributed by atoms with Gasteiger partial charge in [-0.25, -0.2) is 0 Å². The summed E-state index contributed by atoms with van der Waals surface area (Å²) in [5.41, 5.74) is -0.810. The standard InChI is InChI=1S/C12H20N4O3/c1-15(10-12(18)3-8-19-9-4-12)11(17)2-6-16-7-5-13-14-16/h5,7,18H,2-4,6,8-10H2,1H3. The summed E-state index contributed by atoms with van der Waals surface area (Å²) in [6, 6.07) is 0. The van der Waals surface area contributed by atoms with Gasteiger partial charge >= 0.3 is 0 Å². The second-order valence-corrected chi connectivity index (χ2v) is 5.00. The largest absolute Gasteiger partial charge is 0.388 e. The zero-order valence-corrected chi connectivity index (χ0v) is 11.2. The number of nitrogens with zero attached hydrogens (tertiary/aromatic N) is 4. The molecule has 2 rings (SSSR count). The van der Waals surface area contributed by atoms with Crippen LogP contribution >= 0.6 is 0 Å². The summed E-state index contributed by atoms with van der Waals surface area (Å²) in [7, 11) is 1.72. The molecule has 0 radical (unpaired) electrons. The number of carbonyl (C=O) groups excluding carboxylic acids is 1. The van der Waals surface area contributed by atoms with Gasteiger partial charge < -0.3 is 14.7 Å². The molecule has 19 heavy (non-hydrogen) atoms. The molecular weight excluding hydrogens is 248 g/mol. The number of carbonyl (C=O) groups is 1. The van der Waals surface area contributed by atoms with Crippen molar-refractivity contribution in [2.45, 2.75) is 31.4 Å². The molecule has 106 valence electrons. The Hall–Kier alpha value is -1.47. The molecule has 0 unspecified atom stereocenters. The number of hydrogen-bond acceptors (Lipinski definition) is 5. The lowest BCUT2D eigenvalue weighted by Crippen LogP contribution is -2.47. The van der Waals surface area contributed by atoms with E-state index in [1.165, 1.54) is 0 Å². The molecule has 1 N–H and O–H groups in total. The summed E-state index contributed by atoms with van der Waals surface area (Å²) < 4.78 is 6.84. The van der Waals surface area contributed by atoms with Gasteiger partial charge in [0.1, 0.15) is 0 Å². The van der Waals surface area contributed by atoms with Gasteiger partial charge in [-0.2, -0.15) is 0 Å². The van der Waals surface area contributed by atoms with Crippen LogP contribution in [0.3, 0.4) is 0 Å². The van der Waals surface area contributed by atoms with Crippen molar-refractivity contribution in [3.63, 3.8) is 0 Å². The molecule has 1 aliphatic heterocycles. The predicted molar refractivity (Wildman–Crippen MR) is 67.3 cm³/mol. The van der Waals surface area contributed by atoms with E-state index in [2.05, 4.69) is 10.3 Å². The quantitative estimate of drug-likeness (QED) is 0.791. The number of aliphatic hydroxyl groups is 1. The molecule has 2 heterocycles. The van der Waals surface area contributed by atoms with E-state index in [0.717, 1.165) is 0 Å². The Labute approximate surface area is 112 Å². The molecule has 0 saturated carbocycles. The SMILES string of the molecule is CN(CC1(O)CCOCC1)C(=O)CCn1ccnn1. The molecule has 7 nitrogen and oxygen atoms in total. The van der Waals surface area contributed by atoms with E-state index in [-0.39, 0.29) is 5.91 Å². The van der Waals surface area contributed by atoms with Gasteiger partial charge in [-0.15, -0.1) is 5.10 Å². The van der Waals surface area contributed by atoms with Crippen LogP contribution in [0.1, 0.15) is 19.3 Å². The first-order valence-corrected chi connectivity index (χ1v) is 6.47. The lowest BCUT2D eigenvalue weighted by atomic mass is 9.94. The summed E-state index contributed by atoms with van der Waals surface area (Å²) in [6.07, 6.45) is 4.81. The van der Waals surface area contributed by atoms with Crippen LogP contribution in [0.2, 0.25) is 0 Å². The lowest BCUT2D eigenvalue weighted by Gasteiger charge is -2.35. The minimum atomic E-state index is -0.810. The van der Waals surface area contributed by atoms with E-state index < -0.39 is 5.60 Å². The molecule has 1 aliphatic rings. The van der Waals surface area contributed by atoms with Crippen molar-refractivity contribution in [2.24, 2.45) is 0 Å². The summed E-state index contributed by atoms with van der Waals surface area (Å²) in [5.74, 6) is -0.00424. The van der Waals surface area contributed by atoms with Gasteiger partial charge in [-0.3, -0.25) is 9.48 Å². The van der Waals surface area contributed by atoms with Gasteiger partial charge in [-0.05, 0) is 0 Å². The predicted octanol–water partition coefficient (Wildman–Crippen LogP) is -0.332. The highest BCUT2D eigenvalue weighted by atomic mass is 16.5. The average Bonchev–Trinajstić information content (AvgIpc) is 2.89. The Bertz CT molecular complexity index is 401. The van der Waals surface area contributed by atoms with Crippen molar-refractivity contribution < 1.29 is 14.6 Å². The molecule has 7 heteroatoms. The lowest BCUT2D eigenvalue weighted by molar-refractivity contribution is -0.137. The Morgan fingerprint density at radius 2 is 2.26 bits per heavy atom. The third kappa shape index (κ3) is 4.00. The van der Waals surface area contributed by atoms with E-state index in [1.54, 1.807) is 29.0 Å². The zero-order chi connectivity index (χ0) is 13.7. The van der Waals surface area contributed by atoms with E-state index in [9.17, 15) is 9.90 Å². The maximum Gasteiger partial charge on any atom is 0.224 e. The van der Waals surface area contributed by atoms with Crippen LogP contribution in [0.5, 0.6) is 0 Å². The van der Waals surface area contributed by atoms with E-state index in [0.29, 0.717) is 45.6 Å². The highest BCUT2D eigenvalue weighted by Crippen LogP contribution is 2.21. The van der Waals surface area contributed by atoms with E-state index >= 15 is 0 Å². The molecule has 0 atom stereocenters. The second-order valence-electron chi connectivity index (χ2n) is 5.00. The van der Waals surface area contributed by atoms with Crippen LogP contribution < -0.4 is 0 Å². The van der Waals surface area contributed by atoms with Gasteiger partial charge in [0.15, 0.2) is 0 Å². The van der Waals surface area contributed by atoms with Crippen LogP contribution in [-0.4, -0.2) is 63.3 Å².